The van der Waals surface area contributed by atoms with Crippen LogP contribution in [0.4, 0.5) is 0 Å². The molecule has 33 heavy (non-hydrogen) atoms. The van der Waals surface area contributed by atoms with Gasteiger partial charge in [-0.05, 0) is 43.2 Å². The first-order valence-electron chi connectivity index (χ1n) is 10.7. The van der Waals surface area contributed by atoms with Crippen LogP contribution >= 0.6 is 0 Å². The topological polar surface area (TPSA) is 78.4 Å². The number of aromatic nitrogens is 4. The zero-order chi connectivity index (χ0) is 23.1. The van der Waals surface area contributed by atoms with Crippen LogP contribution in [0.25, 0.3) is 16.7 Å². The van der Waals surface area contributed by atoms with E-state index in [1.807, 2.05) is 62.4 Å². The van der Waals surface area contributed by atoms with E-state index in [2.05, 4.69) is 5.10 Å². The quantitative estimate of drug-likeness (QED) is 0.394. The fourth-order valence-corrected chi connectivity index (χ4v) is 4.14. The third kappa shape index (κ3) is 3.57. The number of para-hydroxylation sites is 1. The Morgan fingerprint density at radius 1 is 0.909 bits per heavy atom. The summed E-state index contributed by atoms with van der Waals surface area (Å²) < 4.78 is 4.04. The molecule has 0 amide bonds. The van der Waals surface area contributed by atoms with E-state index in [-0.39, 0.29) is 30.2 Å². The van der Waals surface area contributed by atoms with E-state index in [4.69, 9.17) is 0 Å². The first-order chi connectivity index (χ1) is 15.9. The Labute approximate surface area is 189 Å². The van der Waals surface area contributed by atoms with Crippen molar-refractivity contribution < 1.29 is 4.79 Å². The van der Waals surface area contributed by atoms with Crippen molar-refractivity contribution >= 4 is 22.5 Å². The molecule has 2 heterocycles. The van der Waals surface area contributed by atoms with Crippen molar-refractivity contribution in [2.75, 3.05) is 0 Å². The van der Waals surface area contributed by atoms with Crippen LogP contribution < -0.4 is 11.2 Å². The van der Waals surface area contributed by atoms with E-state index >= 15 is 0 Å². The lowest BCUT2D eigenvalue weighted by Crippen LogP contribution is -2.28. The van der Waals surface area contributed by atoms with Gasteiger partial charge in [0.15, 0.2) is 5.78 Å². The molecule has 0 unspecified atom stereocenters. The van der Waals surface area contributed by atoms with Crippen LogP contribution in [0.5, 0.6) is 0 Å². The van der Waals surface area contributed by atoms with E-state index in [9.17, 15) is 14.4 Å². The van der Waals surface area contributed by atoms with Gasteiger partial charge < -0.3 is 0 Å². The number of carbonyl (C=O) groups excluding carboxylic acids is 1. The van der Waals surface area contributed by atoms with Gasteiger partial charge in [0, 0.05) is 5.56 Å². The minimum absolute atomic E-state index is 0.206. The summed E-state index contributed by atoms with van der Waals surface area (Å²) in [6.07, 6.45) is 0. The van der Waals surface area contributed by atoms with Crippen molar-refractivity contribution in [3.05, 3.63) is 116 Å². The average Bonchev–Trinajstić information content (AvgIpc) is 3.14. The van der Waals surface area contributed by atoms with Crippen LogP contribution in [0.2, 0.25) is 0 Å². The molecule has 7 heteroatoms. The smallest absolute Gasteiger partial charge is 0.292 e. The van der Waals surface area contributed by atoms with Gasteiger partial charge in [0.05, 0.1) is 17.4 Å². The number of fused-ring (bicyclic) bond motifs is 3. The summed E-state index contributed by atoms with van der Waals surface area (Å²) >= 11 is 0. The van der Waals surface area contributed by atoms with Crippen molar-refractivity contribution in [1.82, 2.24) is 18.7 Å². The third-order valence-electron chi connectivity index (χ3n) is 5.85. The van der Waals surface area contributed by atoms with Crippen LogP contribution in [-0.4, -0.2) is 24.5 Å². The molecule has 0 spiro atoms. The maximum atomic E-state index is 13.4. The second-order valence-corrected chi connectivity index (χ2v) is 8.21. The van der Waals surface area contributed by atoms with Gasteiger partial charge in [0.2, 0.25) is 5.78 Å². The number of benzene rings is 3. The van der Waals surface area contributed by atoms with E-state index < -0.39 is 5.69 Å². The molecule has 0 aliphatic heterocycles. The summed E-state index contributed by atoms with van der Waals surface area (Å²) in [6, 6.07) is 22.1. The van der Waals surface area contributed by atoms with E-state index in [0.29, 0.717) is 16.5 Å². The van der Waals surface area contributed by atoms with Gasteiger partial charge in [0.25, 0.3) is 5.56 Å². The first-order valence-corrected chi connectivity index (χ1v) is 10.7. The van der Waals surface area contributed by atoms with Gasteiger partial charge in [-0.1, -0.05) is 60.2 Å². The number of nitrogens with zero attached hydrogens (tertiary/aromatic N) is 4. The van der Waals surface area contributed by atoms with Crippen LogP contribution in [0.15, 0.2) is 82.4 Å². The first kappa shape index (κ1) is 20.6. The molecule has 0 saturated carbocycles. The van der Waals surface area contributed by atoms with Crippen molar-refractivity contribution in [1.29, 1.82) is 0 Å². The summed E-state index contributed by atoms with van der Waals surface area (Å²) in [4.78, 5) is 39.7. The van der Waals surface area contributed by atoms with Crippen molar-refractivity contribution in [3.8, 4) is 0 Å². The molecule has 0 fully saturated rings. The highest BCUT2D eigenvalue weighted by atomic mass is 16.2. The highest BCUT2D eigenvalue weighted by Crippen LogP contribution is 2.14. The predicted octanol–water partition coefficient (Wildman–Crippen LogP) is 3.36. The Morgan fingerprint density at radius 2 is 1.64 bits per heavy atom. The number of ketones is 1. The van der Waals surface area contributed by atoms with Crippen molar-refractivity contribution in [3.63, 3.8) is 0 Å². The maximum absolute atomic E-state index is 13.4. The molecule has 3 aromatic carbocycles. The van der Waals surface area contributed by atoms with E-state index in [0.717, 1.165) is 21.4 Å². The molecular formula is C26H22N4O3. The molecule has 0 atom stereocenters. The standard InChI is InChI=1S/C26H22N4O3/c1-17-12-13-18(2)21(14-17)23(31)16-29-26(33)30-22-11-7-6-10-20(22)24(32)28(25(30)27-29)15-19-8-4-3-5-9-19/h3-14H,15-16H2,1-2H3. The Balaban J connectivity index is 1.70. The minimum Gasteiger partial charge on any atom is -0.292 e. The molecule has 7 nitrogen and oxygen atoms in total. The Bertz CT molecular complexity index is 1640. The number of rotatable bonds is 5. The van der Waals surface area contributed by atoms with Crippen LogP contribution in [-0.2, 0) is 13.1 Å². The average molecular weight is 438 g/mol. The lowest BCUT2D eigenvalue weighted by Gasteiger charge is -2.09. The van der Waals surface area contributed by atoms with Gasteiger partial charge in [-0.2, -0.15) is 0 Å². The SMILES string of the molecule is Cc1ccc(C)c(C(=O)Cn2nc3n(Cc4ccccc4)c(=O)c4ccccc4n3c2=O)c1. The molecule has 2 aromatic heterocycles. The molecule has 164 valence electrons. The highest BCUT2D eigenvalue weighted by Gasteiger charge is 2.20. The summed E-state index contributed by atoms with van der Waals surface area (Å²) in [7, 11) is 0. The number of aryl methyl sites for hydroxylation is 2. The van der Waals surface area contributed by atoms with Crippen LogP contribution in [0, 0.1) is 13.8 Å². The predicted molar refractivity (Wildman–Crippen MR) is 127 cm³/mol. The normalized spacial score (nSPS) is 11.3. The van der Waals surface area contributed by atoms with E-state index in [1.54, 1.807) is 24.3 Å². The Morgan fingerprint density at radius 3 is 2.42 bits per heavy atom. The van der Waals surface area contributed by atoms with Gasteiger partial charge in [0.1, 0.15) is 6.54 Å². The van der Waals surface area contributed by atoms with Gasteiger partial charge >= 0.3 is 5.69 Å². The fourth-order valence-electron chi connectivity index (χ4n) is 4.14. The van der Waals surface area contributed by atoms with Crippen LogP contribution in [0.3, 0.4) is 0 Å². The summed E-state index contributed by atoms with van der Waals surface area (Å²) in [5.41, 5.74) is 3.05. The lowest BCUT2D eigenvalue weighted by molar-refractivity contribution is 0.0965. The fraction of sp³-hybridized carbons (Fsp3) is 0.154. The number of Topliss-reactive ketones (excluding diaryl/α,β-unsaturated/α-hetero) is 1. The van der Waals surface area contributed by atoms with Crippen molar-refractivity contribution in [2.24, 2.45) is 0 Å². The molecule has 0 saturated heterocycles. The molecule has 5 aromatic rings. The van der Waals surface area contributed by atoms with Gasteiger partial charge in [-0.25, -0.2) is 13.9 Å². The Kier molecular flexibility index (Phi) is 5.01. The summed E-state index contributed by atoms with van der Waals surface area (Å²) in [5, 5.41) is 4.87. The molecule has 0 aliphatic carbocycles. The molecule has 0 N–H and O–H groups in total. The second-order valence-electron chi connectivity index (χ2n) is 8.21. The van der Waals surface area contributed by atoms with Gasteiger partial charge in [-0.3, -0.25) is 14.2 Å². The monoisotopic (exact) mass is 438 g/mol. The molecule has 0 aliphatic rings. The number of hydrogen-bond donors (Lipinski definition) is 0. The lowest BCUT2D eigenvalue weighted by atomic mass is 10.0. The Hall–Kier alpha value is -4.26. The molecule has 5 rings (SSSR count). The number of carbonyl (C=O) groups is 1. The summed E-state index contributed by atoms with van der Waals surface area (Å²) in [6.45, 7) is 3.83. The van der Waals surface area contributed by atoms with Crippen LogP contribution in [0.1, 0.15) is 27.0 Å². The van der Waals surface area contributed by atoms with Crippen molar-refractivity contribution in [2.45, 2.75) is 26.9 Å². The molecule has 0 radical (unpaired) electrons. The maximum Gasteiger partial charge on any atom is 0.352 e. The molecular weight excluding hydrogens is 416 g/mol. The second kappa shape index (κ2) is 8.02. The number of hydrogen-bond acceptors (Lipinski definition) is 4. The highest BCUT2D eigenvalue weighted by molar-refractivity contribution is 5.97. The summed E-state index contributed by atoms with van der Waals surface area (Å²) in [5.74, 6) is 0.00397. The zero-order valence-corrected chi connectivity index (χ0v) is 18.4. The largest absolute Gasteiger partial charge is 0.352 e. The van der Waals surface area contributed by atoms with E-state index in [1.165, 1.54) is 8.97 Å². The van der Waals surface area contributed by atoms with Gasteiger partial charge in [-0.15, -0.1) is 5.10 Å². The zero-order valence-electron chi connectivity index (χ0n) is 18.4. The minimum atomic E-state index is -0.457. The molecule has 0 bridgehead atoms. The third-order valence-corrected chi connectivity index (χ3v) is 5.85.